The second kappa shape index (κ2) is 6.37. The van der Waals surface area contributed by atoms with Crippen molar-refractivity contribution in [3.63, 3.8) is 0 Å². The number of likely N-dealkylation sites (tertiary alicyclic amines) is 1. The molecule has 0 bridgehead atoms. The molecule has 0 aromatic heterocycles. The number of halogens is 2. The van der Waals surface area contributed by atoms with Gasteiger partial charge < -0.3 is 0 Å². The Bertz CT molecular complexity index is 276. The van der Waals surface area contributed by atoms with E-state index in [1.165, 1.54) is 24.9 Å². The van der Waals surface area contributed by atoms with Crippen LogP contribution in [0, 0.1) is 0 Å². The summed E-state index contributed by atoms with van der Waals surface area (Å²) in [5.74, 6) is 0.771. The zero-order valence-corrected chi connectivity index (χ0v) is 10.3. The molecule has 1 aromatic rings. The molecule has 84 valence electrons. The van der Waals surface area contributed by atoms with E-state index in [0.29, 0.717) is 6.04 Å². The lowest BCUT2D eigenvalue weighted by Gasteiger charge is -2.22. The highest BCUT2D eigenvalue weighted by molar-refractivity contribution is 6.18. The van der Waals surface area contributed by atoms with Crippen molar-refractivity contribution in [2.45, 2.75) is 25.4 Å². The highest BCUT2D eigenvalue weighted by Crippen LogP contribution is 2.20. The van der Waals surface area contributed by atoms with Gasteiger partial charge in [-0.15, -0.1) is 24.0 Å². The van der Waals surface area contributed by atoms with Crippen LogP contribution in [0.15, 0.2) is 30.3 Å². The van der Waals surface area contributed by atoms with E-state index in [0.717, 1.165) is 12.4 Å². The van der Waals surface area contributed by atoms with Crippen LogP contribution in [0.4, 0.5) is 0 Å². The highest BCUT2D eigenvalue weighted by Gasteiger charge is 2.22. The van der Waals surface area contributed by atoms with Gasteiger partial charge in [0.05, 0.1) is 0 Å². The van der Waals surface area contributed by atoms with Crippen LogP contribution in [0.1, 0.15) is 18.4 Å². The minimum atomic E-state index is 0. The van der Waals surface area contributed by atoms with Crippen molar-refractivity contribution in [3.8, 4) is 0 Å². The van der Waals surface area contributed by atoms with Gasteiger partial charge in [0.25, 0.3) is 0 Å². The molecule has 1 aromatic carbocycles. The Morgan fingerprint density at radius 2 is 2.00 bits per heavy atom. The second-order valence-corrected chi connectivity index (χ2v) is 4.22. The van der Waals surface area contributed by atoms with Crippen LogP contribution in [0.3, 0.4) is 0 Å². The van der Waals surface area contributed by atoms with Crippen molar-refractivity contribution in [1.82, 2.24) is 4.90 Å². The van der Waals surface area contributed by atoms with Crippen LogP contribution in [-0.4, -0.2) is 23.4 Å². The number of hydrogen-bond donors (Lipinski definition) is 0. The molecule has 15 heavy (non-hydrogen) atoms. The minimum Gasteiger partial charge on any atom is -0.295 e. The molecule has 1 saturated heterocycles. The summed E-state index contributed by atoms with van der Waals surface area (Å²) in [5, 5.41) is 0. The van der Waals surface area contributed by atoms with Crippen molar-refractivity contribution in [1.29, 1.82) is 0 Å². The maximum Gasteiger partial charge on any atom is 0.0379 e. The molecule has 0 amide bonds. The van der Waals surface area contributed by atoms with Gasteiger partial charge in [-0.3, -0.25) is 4.90 Å². The van der Waals surface area contributed by atoms with E-state index >= 15 is 0 Å². The van der Waals surface area contributed by atoms with E-state index in [1.807, 2.05) is 0 Å². The number of nitrogens with zero attached hydrogens (tertiary/aromatic N) is 1. The first-order valence-electron chi connectivity index (χ1n) is 5.24. The molecule has 1 atom stereocenters. The monoisotopic (exact) mass is 245 g/mol. The smallest absolute Gasteiger partial charge is 0.0379 e. The fraction of sp³-hybridized carbons (Fsp3) is 0.500. The average molecular weight is 246 g/mol. The summed E-state index contributed by atoms with van der Waals surface area (Å²) < 4.78 is 0. The van der Waals surface area contributed by atoms with Gasteiger partial charge in [-0.05, 0) is 24.9 Å². The van der Waals surface area contributed by atoms with Gasteiger partial charge in [0, 0.05) is 18.5 Å². The van der Waals surface area contributed by atoms with E-state index in [1.54, 1.807) is 0 Å². The second-order valence-electron chi connectivity index (χ2n) is 3.91. The summed E-state index contributed by atoms with van der Waals surface area (Å²) in [7, 11) is 0. The summed E-state index contributed by atoms with van der Waals surface area (Å²) in [4.78, 5) is 2.49. The molecule has 0 aliphatic carbocycles. The average Bonchev–Trinajstić information content (AvgIpc) is 2.67. The number of alkyl halides is 1. The first kappa shape index (κ1) is 12.8. The van der Waals surface area contributed by atoms with Crippen LogP contribution in [0.5, 0.6) is 0 Å². The Labute approximate surface area is 103 Å². The number of hydrogen-bond acceptors (Lipinski definition) is 1. The third-order valence-corrected chi connectivity index (χ3v) is 3.26. The van der Waals surface area contributed by atoms with Crippen molar-refractivity contribution >= 4 is 24.0 Å². The van der Waals surface area contributed by atoms with Crippen molar-refractivity contribution < 1.29 is 0 Å². The predicted molar refractivity (Wildman–Crippen MR) is 67.8 cm³/mol. The van der Waals surface area contributed by atoms with Crippen molar-refractivity contribution in [3.05, 3.63) is 35.9 Å². The van der Waals surface area contributed by atoms with Crippen molar-refractivity contribution in [2.75, 3.05) is 12.4 Å². The fourth-order valence-electron chi connectivity index (χ4n) is 2.10. The maximum atomic E-state index is 5.93. The zero-order valence-electron chi connectivity index (χ0n) is 8.73. The van der Waals surface area contributed by atoms with Crippen LogP contribution >= 0.6 is 24.0 Å². The predicted octanol–water partition coefficient (Wildman–Crippen LogP) is 3.31. The van der Waals surface area contributed by atoms with Gasteiger partial charge in [-0.1, -0.05) is 30.3 Å². The highest BCUT2D eigenvalue weighted by atomic mass is 35.5. The largest absolute Gasteiger partial charge is 0.295 e. The molecule has 0 N–H and O–H groups in total. The first-order chi connectivity index (χ1) is 6.90. The summed E-state index contributed by atoms with van der Waals surface area (Å²) in [6.07, 6.45) is 2.56. The van der Waals surface area contributed by atoms with E-state index in [-0.39, 0.29) is 12.4 Å². The van der Waals surface area contributed by atoms with Crippen molar-refractivity contribution in [2.24, 2.45) is 0 Å². The van der Waals surface area contributed by atoms with E-state index < -0.39 is 0 Å². The summed E-state index contributed by atoms with van der Waals surface area (Å²) >= 11 is 5.93. The molecular formula is C12H17Cl2N. The fourth-order valence-corrected chi connectivity index (χ4v) is 2.45. The Hall–Kier alpha value is -0.240. The summed E-state index contributed by atoms with van der Waals surface area (Å²) in [6, 6.07) is 11.2. The van der Waals surface area contributed by atoms with E-state index in [4.69, 9.17) is 11.6 Å². The van der Waals surface area contributed by atoms with Gasteiger partial charge >= 0.3 is 0 Å². The van der Waals surface area contributed by atoms with E-state index in [9.17, 15) is 0 Å². The molecule has 1 nitrogen and oxygen atoms in total. The van der Waals surface area contributed by atoms with Crippen LogP contribution in [-0.2, 0) is 6.54 Å². The number of benzene rings is 1. The Balaban J connectivity index is 0.00000112. The van der Waals surface area contributed by atoms with Gasteiger partial charge in [0.1, 0.15) is 0 Å². The van der Waals surface area contributed by atoms with Crippen LogP contribution < -0.4 is 0 Å². The lowest BCUT2D eigenvalue weighted by Crippen LogP contribution is -2.30. The molecule has 1 unspecified atom stereocenters. The lowest BCUT2D eigenvalue weighted by atomic mass is 10.2. The molecule has 0 radical (unpaired) electrons. The van der Waals surface area contributed by atoms with E-state index in [2.05, 4.69) is 35.2 Å². The number of rotatable bonds is 3. The van der Waals surface area contributed by atoms with Gasteiger partial charge in [0.15, 0.2) is 0 Å². The Kier molecular flexibility index (Phi) is 5.44. The standard InChI is InChI=1S/C12H16ClN.ClH/c13-9-12-7-4-8-14(12)10-11-5-2-1-3-6-11;/h1-3,5-6,12H,4,7-10H2;1H. The molecule has 0 saturated carbocycles. The zero-order chi connectivity index (χ0) is 9.80. The maximum absolute atomic E-state index is 5.93. The van der Waals surface area contributed by atoms with Gasteiger partial charge in [0.2, 0.25) is 0 Å². The van der Waals surface area contributed by atoms with Crippen LogP contribution in [0.2, 0.25) is 0 Å². The quantitative estimate of drug-likeness (QED) is 0.739. The molecule has 3 heteroatoms. The molecule has 2 rings (SSSR count). The molecular weight excluding hydrogens is 229 g/mol. The summed E-state index contributed by atoms with van der Waals surface area (Å²) in [6.45, 7) is 2.25. The SMILES string of the molecule is Cl.ClCC1CCCN1Cc1ccccc1. The normalized spacial score (nSPS) is 21.3. The Morgan fingerprint density at radius 3 is 2.67 bits per heavy atom. The third-order valence-electron chi connectivity index (χ3n) is 2.91. The van der Waals surface area contributed by atoms with Crippen LogP contribution in [0.25, 0.3) is 0 Å². The first-order valence-corrected chi connectivity index (χ1v) is 5.77. The molecule has 1 aliphatic rings. The molecule has 1 heterocycles. The summed E-state index contributed by atoms with van der Waals surface area (Å²) in [5.41, 5.74) is 1.39. The van der Waals surface area contributed by atoms with Gasteiger partial charge in [-0.25, -0.2) is 0 Å². The lowest BCUT2D eigenvalue weighted by molar-refractivity contribution is 0.263. The van der Waals surface area contributed by atoms with Gasteiger partial charge in [-0.2, -0.15) is 0 Å². The molecule has 0 spiro atoms. The Morgan fingerprint density at radius 1 is 1.27 bits per heavy atom. The molecule has 1 aliphatic heterocycles. The molecule has 1 fully saturated rings. The minimum absolute atomic E-state index is 0. The third kappa shape index (κ3) is 3.37. The topological polar surface area (TPSA) is 3.24 Å².